The molecule has 1 heterocycles. The van der Waals surface area contributed by atoms with Crippen molar-refractivity contribution in [1.82, 2.24) is 15.2 Å². The van der Waals surface area contributed by atoms with Gasteiger partial charge in [0.15, 0.2) is 17.5 Å². The molecule has 2 N–H and O–H groups in total. The zero-order chi connectivity index (χ0) is 17.8. The lowest BCUT2D eigenvalue weighted by molar-refractivity contribution is -0.115. The Kier molecular flexibility index (Phi) is 4.83. The lowest BCUT2D eigenvalue weighted by atomic mass is 10.1. The molecule has 0 aliphatic heterocycles. The number of H-pyrrole nitrogens is 1. The highest BCUT2D eigenvalue weighted by Crippen LogP contribution is 2.13. The number of halogens is 2. The number of aromatic nitrogens is 3. The first kappa shape index (κ1) is 16.8. The molecule has 128 valence electrons. The Bertz CT molecular complexity index is 908. The number of amides is 1. The van der Waals surface area contributed by atoms with Gasteiger partial charge in [-0.3, -0.25) is 9.89 Å². The zero-order valence-corrected chi connectivity index (χ0v) is 13.5. The third-order valence-corrected chi connectivity index (χ3v) is 3.55. The molecule has 3 rings (SSSR count). The molecule has 0 spiro atoms. The second-order valence-electron chi connectivity index (χ2n) is 5.72. The number of aromatic amines is 1. The largest absolute Gasteiger partial charge is 0.326 e. The molecule has 0 atom stereocenters. The molecule has 0 saturated carbocycles. The van der Waals surface area contributed by atoms with Gasteiger partial charge < -0.3 is 5.32 Å². The Morgan fingerprint density at radius 3 is 2.76 bits per heavy atom. The van der Waals surface area contributed by atoms with Crippen LogP contribution < -0.4 is 5.32 Å². The average Bonchev–Trinajstić information content (AvgIpc) is 2.98. The predicted octanol–water partition coefficient (Wildman–Crippen LogP) is 3.16. The number of nitrogens with zero attached hydrogens (tertiary/aromatic N) is 2. The van der Waals surface area contributed by atoms with Crippen molar-refractivity contribution in [3.8, 4) is 0 Å². The van der Waals surface area contributed by atoms with Crippen LogP contribution in [0.3, 0.4) is 0 Å². The lowest BCUT2D eigenvalue weighted by Gasteiger charge is -2.03. The first-order valence-electron chi connectivity index (χ1n) is 7.70. The number of carbonyl (C=O) groups excluding carboxylic acids is 1. The summed E-state index contributed by atoms with van der Waals surface area (Å²) in [6.07, 6.45) is 0.517. The number of rotatable bonds is 5. The summed E-state index contributed by atoms with van der Waals surface area (Å²) < 4.78 is 26.0. The molecule has 1 amide bonds. The number of benzene rings is 2. The van der Waals surface area contributed by atoms with Gasteiger partial charge in [0.2, 0.25) is 5.91 Å². The van der Waals surface area contributed by atoms with Gasteiger partial charge in [-0.15, -0.1) is 0 Å². The van der Waals surface area contributed by atoms with Gasteiger partial charge in [0, 0.05) is 18.2 Å². The van der Waals surface area contributed by atoms with Crippen LogP contribution >= 0.6 is 0 Å². The van der Waals surface area contributed by atoms with E-state index < -0.39 is 17.5 Å². The standard InChI is InChI=1S/C18H16F2N4O/c1-11-3-2-4-12(7-11)8-16-22-17(24-23-16)10-18(25)21-13-5-6-14(19)15(20)9-13/h2-7,9H,8,10H2,1H3,(H,21,25)(H,22,23,24). The summed E-state index contributed by atoms with van der Waals surface area (Å²) in [7, 11) is 0. The van der Waals surface area contributed by atoms with Gasteiger partial charge in [0.1, 0.15) is 5.82 Å². The van der Waals surface area contributed by atoms with E-state index in [4.69, 9.17) is 0 Å². The van der Waals surface area contributed by atoms with E-state index in [-0.39, 0.29) is 12.1 Å². The first-order valence-corrected chi connectivity index (χ1v) is 7.70. The van der Waals surface area contributed by atoms with Gasteiger partial charge in [-0.2, -0.15) is 5.10 Å². The van der Waals surface area contributed by atoms with Crippen LogP contribution in [0.5, 0.6) is 0 Å². The van der Waals surface area contributed by atoms with E-state index in [1.54, 1.807) is 0 Å². The molecule has 25 heavy (non-hydrogen) atoms. The zero-order valence-electron chi connectivity index (χ0n) is 13.5. The maximum Gasteiger partial charge on any atom is 0.232 e. The molecule has 0 bridgehead atoms. The van der Waals surface area contributed by atoms with Crippen LogP contribution in [0.2, 0.25) is 0 Å². The molecular formula is C18H16F2N4O. The maximum absolute atomic E-state index is 13.1. The quantitative estimate of drug-likeness (QED) is 0.748. The summed E-state index contributed by atoms with van der Waals surface area (Å²) in [5.74, 6) is -1.40. The van der Waals surface area contributed by atoms with E-state index in [1.807, 2.05) is 25.1 Å². The third-order valence-electron chi connectivity index (χ3n) is 3.55. The Morgan fingerprint density at radius 1 is 1.16 bits per heavy atom. The third kappa shape index (κ3) is 4.47. The second kappa shape index (κ2) is 7.21. The van der Waals surface area contributed by atoms with Crippen LogP contribution in [-0.2, 0) is 17.6 Å². The number of hydrogen-bond acceptors (Lipinski definition) is 3. The summed E-state index contributed by atoms with van der Waals surface area (Å²) in [6.45, 7) is 2.01. The smallest absolute Gasteiger partial charge is 0.232 e. The van der Waals surface area contributed by atoms with Crippen molar-refractivity contribution >= 4 is 11.6 Å². The summed E-state index contributed by atoms with van der Waals surface area (Å²) in [4.78, 5) is 16.3. The number of aryl methyl sites for hydroxylation is 1. The molecule has 0 radical (unpaired) electrons. The Hall–Kier alpha value is -3.09. The van der Waals surface area contributed by atoms with E-state index >= 15 is 0 Å². The van der Waals surface area contributed by atoms with E-state index in [1.165, 1.54) is 6.07 Å². The van der Waals surface area contributed by atoms with E-state index in [0.29, 0.717) is 18.1 Å². The maximum atomic E-state index is 13.1. The highest BCUT2D eigenvalue weighted by Gasteiger charge is 2.11. The number of carbonyl (C=O) groups is 1. The summed E-state index contributed by atoms with van der Waals surface area (Å²) in [5.41, 5.74) is 2.43. The summed E-state index contributed by atoms with van der Waals surface area (Å²) >= 11 is 0. The fraction of sp³-hybridized carbons (Fsp3) is 0.167. The van der Waals surface area contributed by atoms with E-state index in [9.17, 15) is 13.6 Å². The SMILES string of the molecule is Cc1cccc(Cc2nc(CC(=O)Nc3ccc(F)c(F)c3)n[nH]2)c1. The predicted molar refractivity (Wildman–Crippen MR) is 89.1 cm³/mol. The highest BCUT2D eigenvalue weighted by atomic mass is 19.2. The Labute approximate surface area is 143 Å². The molecule has 0 fully saturated rings. The van der Waals surface area contributed by atoms with Gasteiger partial charge >= 0.3 is 0 Å². The number of nitrogens with one attached hydrogen (secondary N) is 2. The second-order valence-corrected chi connectivity index (χ2v) is 5.72. The van der Waals surface area contributed by atoms with E-state index in [0.717, 1.165) is 23.3 Å². The van der Waals surface area contributed by atoms with Crippen molar-refractivity contribution in [2.24, 2.45) is 0 Å². The van der Waals surface area contributed by atoms with Gasteiger partial charge in [-0.1, -0.05) is 29.8 Å². The van der Waals surface area contributed by atoms with Crippen molar-refractivity contribution < 1.29 is 13.6 Å². The monoisotopic (exact) mass is 342 g/mol. The molecule has 0 aliphatic carbocycles. The highest BCUT2D eigenvalue weighted by molar-refractivity contribution is 5.91. The van der Waals surface area contributed by atoms with Crippen LogP contribution in [-0.4, -0.2) is 21.1 Å². The molecule has 3 aromatic rings. The van der Waals surface area contributed by atoms with E-state index in [2.05, 4.69) is 26.6 Å². The normalized spacial score (nSPS) is 10.7. The van der Waals surface area contributed by atoms with Crippen molar-refractivity contribution in [2.75, 3.05) is 5.32 Å². The van der Waals surface area contributed by atoms with Crippen molar-refractivity contribution in [3.63, 3.8) is 0 Å². The Morgan fingerprint density at radius 2 is 2.00 bits per heavy atom. The first-order chi connectivity index (χ1) is 12.0. The number of anilines is 1. The van der Waals surface area contributed by atoms with Crippen LogP contribution in [0.15, 0.2) is 42.5 Å². The fourth-order valence-corrected chi connectivity index (χ4v) is 2.43. The van der Waals surface area contributed by atoms with Crippen LogP contribution in [0, 0.1) is 18.6 Å². The summed E-state index contributed by atoms with van der Waals surface area (Å²) in [6, 6.07) is 11.2. The van der Waals surface area contributed by atoms with Gasteiger partial charge in [-0.05, 0) is 24.6 Å². The van der Waals surface area contributed by atoms with Crippen molar-refractivity contribution in [3.05, 3.63) is 76.9 Å². The molecule has 0 unspecified atom stereocenters. The molecule has 0 aliphatic rings. The van der Waals surface area contributed by atoms with Crippen LogP contribution in [0.4, 0.5) is 14.5 Å². The van der Waals surface area contributed by atoms with Crippen molar-refractivity contribution in [2.45, 2.75) is 19.8 Å². The van der Waals surface area contributed by atoms with Crippen LogP contribution in [0.25, 0.3) is 0 Å². The molecular weight excluding hydrogens is 326 g/mol. The minimum Gasteiger partial charge on any atom is -0.326 e. The molecule has 1 aromatic heterocycles. The number of hydrogen-bond donors (Lipinski definition) is 2. The Balaban J connectivity index is 1.60. The topological polar surface area (TPSA) is 70.7 Å². The van der Waals surface area contributed by atoms with Gasteiger partial charge in [-0.25, -0.2) is 13.8 Å². The van der Waals surface area contributed by atoms with Gasteiger partial charge in [0.25, 0.3) is 0 Å². The van der Waals surface area contributed by atoms with Gasteiger partial charge in [0.05, 0.1) is 6.42 Å². The molecule has 5 nitrogen and oxygen atoms in total. The van der Waals surface area contributed by atoms with Crippen molar-refractivity contribution in [1.29, 1.82) is 0 Å². The molecule has 0 saturated heterocycles. The minimum atomic E-state index is -1.02. The fourth-order valence-electron chi connectivity index (χ4n) is 2.43. The summed E-state index contributed by atoms with van der Waals surface area (Å²) in [5, 5.41) is 9.31. The molecule has 7 heteroatoms. The minimum absolute atomic E-state index is 0.0662. The molecule has 2 aromatic carbocycles. The average molecular weight is 342 g/mol. The van der Waals surface area contributed by atoms with Crippen LogP contribution in [0.1, 0.15) is 22.8 Å². The lowest BCUT2D eigenvalue weighted by Crippen LogP contribution is -2.15.